The van der Waals surface area contributed by atoms with Gasteiger partial charge in [0.2, 0.25) is 6.79 Å². The number of hydrogen-bond donors (Lipinski definition) is 2. The number of benzene rings is 3. The quantitative estimate of drug-likeness (QED) is 0.174. The van der Waals surface area contributed by atoms with Gasteiger partial charge in [0, 0.05) is 61.8 Å². The van der Waals surface area contributed by atoms with E-state index in [4.69, 9.17) is 14.2 Å². The number of pyridine rings is 1. The Morgan fingerprint density at radius 3 is 1.90 bits per heavy atom. The van der Waals surface area contributed by atoms with Gasteiger partial charge in [-0.2, -0.15) is 5.10 Å². The van der Waals surface area contributed by atoms with E-state index in [0.717, 1.165) is 47.9 Å². The summed E-state index contributed by atoms with van der Waals surface area (Å²) in [5.74, 6) is 7.11. The number of ether oxygens (including phenoxy) is 3. The van der Waals surface area contributed by atoms with Crippen LogP contribution in [0.1, 0.15) is 197 Å². The Morgan fingerprint density at radius 2 is 1.27 bits per heavy atom. The van der Waals surface area contributed by atoms with Crippen LogP contribution in [0.5, 0.6) is 11.5 Å². The number of aromatic amines is 1. The average Bonchev–Trinajstić information content (AvgIpc) is 4.25. The van der Waals surface area contributed by atoms with E-state index in [9.17, 15) is 0 Å². The maximum Gasteiger partial charge on any atom is 0.231 e. The van der Waals surface area contributed by atoms with Gasteiger partial charge in [-0.3, -0.25) is 10.1 Å². The van der Waals surface area contributed by atoms with Gasteiger partial charge in [-0.1, -0.05) is 106 Å². The molecule has 3 aromatic carbocycles. The second-order valence-corrected chi connectivity index (χ2v) is 23.9. The van der Waals surface area contributed by atoms with Crippen molar-refractivity contribution in [1.29, 1.82) is 0 Å². The van der Waals surface area contributed by atoms with Crippen molar-refractivity contribution in [1.82, 2.24) is 25.0 Å². The largest absolute Gasteiger partial charge is 0.454 e. The van der Waals surface area contributed by atoms with Gasteiger partial charge in [0.25, 0.3) is 0 Å². The molecule has 1 spiro atoms. The monoisotopic (exact) mass is 997 g/mol. The summed E-state index contributed by atoms with van der Waals surface area (Å²) in [5.41, 5.74) is 12.5. The van der Waals surface area contributed by atoms with Crippen LogP contribution in [-0.2, 0) is 24.0 Å². The van der Waals surface area contributed by atoms with E-state index in [-0.39, 0.29) is 5.60 Å². The fraction of sp³-hybridized carbons (Fsp3) is 0.625. The maximum absolute atomic E-state index is 6.01. The third-order valence-corrected chi connectivity index (χ3v) is 16.7. The van der Waals surface area contributed by atoms with Crippen molar-refractivity contribution in [3.8, 4) is 11.5 Å². The normalized spacial score (nSPS) is 21.0. The van der Waals surface area contributed by atoms with Crippen LogP contribution in [0.2, 0.25) is 0 Å². The van der Waals surface area contributed by atoms with Crippen LogP contribution in [-0.4, -0.2) is 89.3 Å². The number of anilines is 1. The molecule has 5 aromatic rings. The van der Waals surface area contributed by atoms with Crippen molar-refractivity contribution < 1.29 is 14.2 Å². The van der Waals surface area contributed by atoms with E-state index < -0.39 is 0 Å². The van der Waals surface area contributed by atoms with Crippen LogP contribution in [0, 0.1) is 17.8 Å². The van der Waals surface area contributed by atoms with Crippen LogP contribution < -0.4 is 14.8 Å². The molecule has 5 saturated heterocycles. The van der Waals surface area contributed by atoms with Gasteiger partial charge < -0.3 is 29.3 Å². The number of nitrogens with one attached hydrogen (secondary N) is 2. The summed E-state index contributed by atoms with van der Waals surface area (Å²) >= 11 is 0. The van der Waals surface area contributed by atoms with Crippen molar-refractivity contribution in [3.05, 3.63) is 112 Å². The van der Waals surface area contributed by atoms with E-state index in [0.29, 0.717) is 36.5 Å². The zero-order chi connectivity index (χ0) is 52.1. The zero-order valence-corrected chi connectivity index (χ0v) is 47.5. The first kappa shape index (κ1) is 56.3. The first-order valence-electron chi connectivity index (χ1n) is 28.8. The summed E-state index contributed by atoms with van der Waals surface area (Å²) in [5, 5.41) is 11.5. The molecule has 7 aliphatic heterocycles. The van der Waals surface area contributed by atoms with Gasteiger partial charge in [-0.25, -0.2) is 0 Å². The first-order valence-corrected chi connectivity index (χ1v) is 28.8. The van der Waals surface area contributed by atoms with Gasteiger partial charge >= 0.3 is 0 Å². The first-order chi connectivity index (χ1) is 35.1. The summed E-state index contributed by atoms with van der Waals surface area (Å²) in [4.78, 5) is 9.70. The molecule has 2 bridgehead atoms. The lowest BCUT2D eigenvalue weighted by molar-refractivity contribution is -0.113. The minimum Gasteiger partial charge on any atom is -0.454 e. The molecule has 9 heteroatoms. The molecule has 0 radical (unpaired) electrons. The molecule has 1 unspecified atom stereocenters. The minimum absolute atomic E-state index is 0.281. The highest BCUT2D eigenvalue weighted by Crippen LogP contribution is 2.38. The van der Waals surface area contributed by atoms with Gasteiger partial charge in [0.1, 0.15) is 0 Å². The lowest BCUT2D eigenvalue weighted by Crippen LogP contribution is -2.49. The topological polar surface area (TPSA) is 87.8 Å². The van der Waals surface area contributed by atoms with Crippen LogP contribution in [0.4, 0.5) is 5.69 Å². The van der Waals surface area contributed by atoms with Crippen molar-refractivity contribution in [2.75, 3.05) is 58.0 Å². The SMILES string of the molecule is CC(C)C1CN2CCC1CC2.CC(C)N1CCC2(CCCCO2)CC1.CC(C)c1ccc2c(c1)CCN2.CC(C)c1ccc2c(c1)OCO2.CC(C)c1ccc2cn[nH]c2c1.CC(C)c1cnc2c(c1)CCC2. The Hall–Kier alpha value is -4.44. The van der Waals surface area contributed by atoms with Crippen molar-refractivity contribution >= 4 is 16.6 Å². The van der Waals surface area contributed by atoms with Gasteiger partial charge in [0.15, 0.2) is 11.5 Å². The summed E-state index contributed by atoms with van der Waals surface area (Å²) in [7, 11) is 0. The molecule has 2 aromatic heterocycles. The minimum atomic E-state index is 0.281. The molecule has 5 fully saturated rings. The molecule has 400 valence electrons. The van der Waals surface area contributed by atoms with E-state index in [1.54, 1.807) is 0 Å². The number of likely N-dealkylation sites (tertiary alicyclic amines) is 1. The number of hydrogen-bond acceptors (Lipinski definition) is 8. The van der Waals surface area contributed by atoms with Gasteiger partial charge in [-0.05, 0) is 197 Å². The number of H-pyrrole nitrogens is 1. The Labute approximate surface area is 442 Å². The lowest BCUT2D eigenvalue weighted by atomic mass is 9.74. The van der Waals surface area contributed by atoms with Crippen LogP contribution in [0.3, 0.4) is 0 Å². The Balaban J connectivity index is 0.000000128. The molecule has 0 amide bonds. The fourth-order valence-corrected chi connectivity index (χ4v) is 11.5. The third kappa shape index (κ3) is 15.8. The summed E-state index contributed by atoms with van der Waals surface area (Å²) in [6, 6.07) is 22.3. The number of piperidine rings is 4. The number of rotatable bonds is 6. The molecular weight excluding hydrogens is 901 g/mol. The number of nitrogens with zero attached hydrogens (tertiary/aromatic N) is 4. The number of aromatic nitrogens is 3. The predicted octanol–water partition coefficient (Wildman–Crippen LogP) is 15.1. The molecule has 0 saturated carbocycles. The number of fused-ring (bicyclic) bond motifs is 7. The standard InChI is InChI=1S/C12H23NO.2C11H15N.C10H12N2.C10H19N.C10H12O2/c1-11(2)13-8-6-12(7-9-13)5-3-4-10-14-12;1-8(2)9-3-4-11-10(7-9)5-6-12-11;1-8(2)10-6-9-4-3-5-11(9)12-7-10;1-7(2)8-3-4-9-6-11-12-10(9)5-8;1-8(2)10-7-11-5-3-9(10)4-6-11;1-7(2)8-3-4-9-10(5-8)12-6-11-9/h11H,3-10H2,1-2H3;3-4,7-8,12H,5-6H2,1-2H3;6-8H,3-5H2,1-2H3;3-7H,1-2H3,(H,11,12);8-10H,3-7H2,1-2H3;3-5,7H,6H2,1-2H3. The van der Waals surface area contributed by atoms with E-state index in [2.05, 4.69) is 162 Å². The molecule has 73 heavy (non-hydrogen) atoms. The van der Waals surface area contributed by atoms with Crippen LogP contribution in [0.25, 0.3) is 10.9 Å². The van der Waals surface area contributed by atoms with Crippen molar-refractivity contribution in [2.45, 2.75) is 189 Å². The predicted molar refractivity (Wildman–Crippen MR) is 306 cm³/mol. The van der Waals surface area contributed by atoms with E-state index in [1.165, 1.54) is 154 Å². The summed E-state index contributed by atoms with van der Waals surface area (Å²) in [6.45, 7) is 36.1. The molecular formula is C64H96N6O3. The second kappa shape index (κ2) is 26.9. The second-order valence-electron chi connectivity index (χ2n) is 23.9. The van der Waals surface area contributed by atoms with Gasteiger partial charge in [-0.15, -0.1) is 0 Å². The smallest absolute Gasteiger partial charge is 0.231 e. The highest BCUT2D eigenvalue weighted by Gasteiger charge is 2.37. The van der Waals surface area contributed by atoms with E-state index >= 15 is 0 Å². The zero-order valence-electron chi connectivity index (χ0n) is 47.5. The molecule has 13 rings (SSSR count). The Bertz CT molecular complexity index is 2290. The third-order valence-electron chi connectivity index (χ3n) is 16.7. The molecule has 8 aliphatic rings. The molecule has 1 aliphatic carbocycles. The Kier molecular flexibility index (Phi) is 20.7. The molecule has 9 nitrogen and oxygen atoms in total. The van der Waals surface area contributed by atoms with Gasteiger partial charge in [0.05, 0.1) is 17.3 Å². The van der Waals surface area contributed by atoms with Crippen molar-refractivity contribution in [2.24, 2.45) is 17.8 Å². The van der Waals surface area contributed by atoms with Crippen LogP contribution >= 0.6 is 0 Å². The maximum atomic E-state index is 6.01. The van der Waals surface area contributed by atoms with E-state index in [1.807, 2.05) is 24.5 Å². The lowest BCUT2D eigenvalue weighted by Gasteiger charge is -2.46. The Morgan fingerprint density at radius 1 is 0.616 bits per heavy atom. The van der Waals surface area contributed by atoms with Crippen molar-refractivity contribution in [3.63, 3.8) is 0 Å². The average molecular weight is 998 g/mol. The highest BCUT2D eigenvalue weighted by atomic mass is 16.7. The molecule has 1 atom stereocenters. The highest BCUT2D eigenvalue weighted by molar-refractivity contribution is 5.78. The number of aryl methyl sites for hydroxylation is 2. The molecule has 2 N–H and O–H groups in total. The molecule has 9 heterocycles. The fourth-order valence-electron chi connectivity index (χ4n) is 11.5. The summed E-state index contributed by atoms with van der Waals surface area (Å²) in [6.07, 6.45) is 18.2. The summed E-state index contributed by atoms with van der Waals surface area (Å²) < 4.78 is 16.5. The van der Waals surface area contributed by atoms with Crippen LogP contribution in [0.15, 0.2) is 73.1 Å².